The van der Waals surface area contributed by atoms with Crippen LogP contribution in [-0.2, 0) is 13.0 Å². The van der Waals surface area contributed by atoms with E-state index in [0.29, 0.717) is 5.56 Å². The Labute approximate surface area is 127 Å². The Bertz CT molecular complexity index is 670. The molecule has 0 unspecified atom stereocenters. The third-order valence-corrected chi connectivity index (χ3v) is 3.97. The van der Waals surface area contributed by atoms with Gasteiger partial charge in [-0.15, -0.1) is 0 Å². The Kier molecular flexibility index (Phi) is 3.82. The molecule has 2 N–H and O–H groups in total. The van der Waals surface area contributed by atoms with Crippen LogP contribution in [0.2, 0.25) is 5.02 Å². The first kappa shape index (κ1) is 13.9. The van der Waals surface area contributed by atoms with Crippen LogP contribution in [0, 0.1) is 0 Å². The summed E-state index contributed by atoms with van der Waals surface area (Å²) in [5.74, 6) is -0.500. The number of carbonyl (C=O) groups is 1. The van der Waals surface area contributed by atoms with E-state index >= 15 is 0 Å². The highest BCUT2D eigenvalue weighted by Gasteiger charge is 2.19. The maximum Gasteiger partial charge on any atom is 0.274 e. The van der Waals surface area contributed by atoms with Crippen LogP contribution in [0.3, 0.4) is 0 Å². The summed E-state index contributed by atoms with van der Waals surface area (Å²) in [6.07, 6.45) is 1.03. The molecule has 5 heteroatoms. The number of hydrogen-bond acceptors (Lipinski definition) is 3. The lowest BCUT2D eigenvalue weighted by atomic mass is 10.1. The highest BCUT2D eigenvalue weighted by atomic mass is 35.5. The minimum atomic E-state index is -0.500. The molecule has 0 radical (unpaired) electrons. The van der Waals surface area contributed by atoms with Gasteiger partial charge >= 0.3 is 0 Å². The number of amides is 1. The van der Waals surface area contributed by atoms with Crippen molar-refractivity contribution in [1.29, 1.82) is 0 Å². The van der Waals surface area contributed by atoms with E-state index in [1.165, 1.54) is 11.3 Å². The lowest BCUT2D eigenvalue weighted by Gasteiger charge is -2.19. The Morgan fingerprint density at radius 3 is 2.71 bits per heavy atom. The molecular weight excluding hydrogens is 288 g/mol. The number of fused-ring (bicyclic) bond motifs is 1. The normalized spacial score (nSPS) is 13.1. The predicted octanol–water partition coefficient (Wildman–Crippen LogP) is 3.02. The number of hydrogen-bond donors (Lipinski definition) is 2. The van der Waals surface area contributed by atoms with Crippen LogP contribution in [-0.4, -0.2) is 17.7 Å². The van der Waals surface area contributed by atoms with Gasteiger partial charge in [-0.2, -0.15) is 0 Å². The molecule has 1 amide bonds. The average Bonchev–Trinajstić information content (AvgIpc) is 2.89. The van der Waals surface area contributed by atoms with Crippen molar-refractivity contribution in [2.45, 2.75) is 13.0 Å². The van der Waals surface area contributed by atoms with E-state index in [1.807, 2.05) is 24.3 Å². The maximum absolute atomic E-state index is 11.3. The molecule has 0 saturated heterocycles. The van der Waals surface area contributed by atoms with E-state index in [1.54, 1.807) is 17.6 Å². The largest absolute Gasteiger partial charge is 0.367 e. The van der Waals surface area contributed by atoms with Gasteiger partial charge in [-0.1, -0.05) is 29.8 Å². The molecule has 1 aliphatic rings. The van der Waals surface area contributed by atoms with Gasteiger partial charge in [-0.05, 0) is 41.8 Å². The van der Waals surface area contributed by atoms with Gasteiger partial charge in [0.05, 0.1) is 0 Å². The number of rotatable bonds is 3. The van der Waals surface area contributed by atoms with Crippen LogP contribution < -0.4 is 10.4 Å². The number of carbonyl (C=O) groups excluding carboxylic acids is 1. The van der Waals surface area contributed by atoms with Crippen LogP contribution in [0.1, 0.15) is 21.5 Å². The third-order valence-electron chi connectivity index (χ3n) is 3.73. The topological polar surface area (TPSA) is 52.6 Å². The number of nitrogens with one attached hydrogen (secondary N) is 1. The van der Waals surface area contributed by atoms with Crippen molar-refractivity contribution in [2.24, 2.45) is 0 Å². The molecule has 0 saturated carbocycles. The second-order valence-electron chi connectivity index (χ2n) is 5.08. The lowest BCUT2D eigenvalue weighted by Crippen LogP contribution is -2.20. The van der Waals surface area contributed by atoms with Crippen molar-refractivity contribution in [1.82, 2.24) is 5.48 Å². The molecular formula is C16H15ClN2O2. The molecule has 21 heavy (non-hydrogen) atoms. The van der Waals surface area contributed by atoms with Gasteiger partial charge in [0, 0.05) is 29.4 Å². The first-order chi connectivity index (χ1) is 10.2. The smallest absolute Gasteiger partial charge is 0.274 e. The second-order valence-corrected chi connectivity index (χ2v) is 5.52. The summed E-state index contributed by atoms with van der Waals surface area (Å²) in [4.78, 5) is 13.6. The van der Waals surface area contributed by atoms with Crippen LogP contribution >= 0.6 is 11.6 Å². The number of anilines is 1. The molecule has 2 aromatic carbocycles. The fourth-order valence-corrected chi connectivity index (χ4v) is 2.80. The number of benzene rings is 2. The van der Waals surface area contributed by atoms with Crippen molar-refractivity contribution in [2.75, 3.05) is 11.4 Å². The molecule has 0 spiro atoms. The van der Waals surface area contributed by atoms with Gasteiger partial charge in [-0.25, -0.2) is 5.48 Å². The molecule has 108 valence electrons. The third kappa shape index (κ3) is 2.86. The summed E-state index contributed by atoms with van der Waals surface area (Å²) >= 11 is 6.07. The van der Waals surface area contributed by atoms with Crippen molar-refractivity contribution < 1.29 is 10.0 Å². The Balaban J connectivity index is 1.77. The molecule has 0 bridgehead atoms. The lowest BCUT2D eigenvalue weighted by molar-refractivity contribution is 0.0706. The van der Waals surface area contributed by atoms with Gasteiger partial charge < -0.3 is 4.90 Å². The molecule has 0 aliphatic carbocycles. The van der Waals surface area contributed by atoms with Crippen LogP contribution in [0.4, 0.5) is 5.69 Å². The predicted molar refractivity (Wildman–Crippen MR) is 81.9 cm³/mol. The Morgan fingerprint density at radius 1 is 1.24 bits per heavy atom. The van der Waals surface area contributed by atoms with E-state index in [2.05, 4.69) is 11.0 Å². The summed E-state index contributed by atoms with van der Waals surface area (Å²) in [5.41, 5.74) is 5.67. The van der Waals surface area contributed by atoms with Crippen LogP contribution in [0.25, 0.3) is 0 Å². The zero-order valence-corrected chi connectivity index (χ0v) is 12.1. The molecule has 4 nitrogen and oxygen atoms in total. The van der Waals surface area contributed by atoms with Gasteiger partial charge in [-0.3, -0.25) is 10.0 Å². The van der Waals surface area contributed by atoms with Crippen molar-refractivity contribution in [3.05, 3.63) is 64.2 Å². The quantitative estimate of drug-likeness (QED) is 0.677. The molecule has 0 aromatic heterocycles. The van der Waals surface area contributed by atoms with Crippen molar-refractivity contribution >= 4 is 23.2 Å². The zero-order chi connectivity index (χ0) is 14.8. The molecule has 0 atom stereocenters. The number of hydroxylamine groups is 1. The standard InChI is InChI=1S/C16H15ClN2O2/c17-14-6-5-12-7-8-19(15(12)9-14)10-11-1-3-13(4-2-11)16(20)18-21/h1-6,9,21H,7-8,10H2,(H,18,20). The molecule has 2 aromatic rings. The SMILES string of the molecule is O=C(NO)c1ccc(CN2CCc3ccc(Cl)cc32)cc1. The highest BCUT2D eigenvalue weighted by Crippen LogP contribution is 2.31. The first-order valence-corrected chi connectivity index (χ1v) is 7.12. The fourth-order valence-electron chi connectivity index (χ4n) is 2.63. The Hall–Kier alpha value is -2.04. The van der Waals surface area contributed by atoms with E-state index in [-0.39, 0.29) is 0 Å². The van der Waals surface area contributed by atoms with E-state index in [0.717, 1.165) is 30.1 Å². The van der Waals surface area contributed by atoms with Crippen molar-refractivity contribution in [3.8, 4) is 0 Å². The van der Waals surface area contributed by atoms with Crippen molar-refractivity contribution in [3.63, 3.8) is 0 Å². The summed E-state index contributed by atoms with van der Waals surface area (Å²) in [6.45, 7) is 1.74. The number of halogens is 1. The summed E-state index contributed by atoms with van der Waals surface area (Å²) in [5, 5.41) is 9.35. The second kappa shape index (κ2) is 5.76. The van der Waals surface area contributed by atoms with Gasteiger partial charge in [0.2, 0.25) is 0 Å². The first-order valence-electron chi connectivity index (χ1n) is 6.74. The van der Waals surface area contributed by atoms with Crippen LogP contribution in [0.5, 0.6) is 0 Å². The maximum atomic E-state index is 11.3. The number of nitrogens with zero attached hydrogens (tertiary/aromatic N) is 1. The van der Waals surface area contributed by atoms with E-state index < -0.39 is 5.91 Å². The minimum absolute atomic E-state index is 0.436. The molecule has 3 rings (SSSR count). The molecule has 0 fully saturated rings. The van der Waals surface area contributed by atoms with Gasteiger partial charge in [0.25, 0.3) is 5.91 Å². The van der Waals surface area contributed by atoms with Gasteiger partial charge in [0.1, 0.15) is 0 Å². The molecule has 1 aliphatic heterocycles. The average molecular weight is 303 g/mol. The zero-order valence-electron chi connectivity index (χ0n) is 11.3. The summed E-state index contributed by atoms with van der Waals surface area (Å²) in [6, 6.07) is 13.2. The highest BCUT2D eigenvalue weighted by molar-refractivity contribution is 6.30. The minimum Gasteiger partial charge on any atom is -0.367 e. The van der Waals surface area contributed by atoms with Gasteiger partial charge in [0.15, 0.2) is 0 Å². The Morgan fingerprint density at radius 2 is 2.00 bits per heavy atom. The monoisotopic (exact) mass is 302 g/mol. The fraction of sp³-hybridized carbons (Fsp3) is 0.188. The summed E-state index contributed by atoms with van der Waals surface area (Å²) < 4.78 is 0. The van der Waals surface area contributed by atoms with E-state index in [4.69, 9.17) is 16.8 Å². The van der Waals surface area contributed by atoms with Crippen LogP contribution in [0.15, 0.2) is 42.5 Å². The van der Waals surface area contributed by atoms with E-state index in [9.17, 15) is 4.79 Å². The summed E-state index contributed by atoms with van der Waals surface area (Å²) in [7, 11) is 0. The molecule has 1 heterocycles.